The van der Waals surface area contributed by atoms with Gasteiger partial charge < -0.3 is 20.9 Å². The fourth-order valence-electron chi connectivity index (χ4n) is 1.82. The minimum atomic E-state index is -0.953. The van der Waals surface area contributed by atoms with Crippen LogP contribution in [0.3, 0.4) is 0 Å². The number of rotatable bonds is 4. The zero-order chi connectivity index (χ0) is 12.6. The monoisotopic (exact) mass is 229 g/mol. The maximum atomic E-state index is 12.0. The number of likely N-dealkylation sites (N-methyl/N-ethyl adjacent to an activating group) is 1. The summed E-state index contributed by atoms with van der Waals surface area (Å²) in [6.45, 7) is 3.46. The van der Waals surface area contributed by atoms with Gasteiger partial charge >= 0.3 is 0 Å². The van der Waals surface area contributed by atoms with E-state index in [-0.39, 0.29) is 18.3 Å². The summed E-state index contributed by atoms with van der Waals surface area (Å²) in [4.78, 5) is 13.5. The molecule has 92 valence electrons. The summed E-state index contributed by atoms with van der Waals surface area (Å²) >= 11 is 0. The van der Waals surface area contributed by atoms with Crippen molar-refractivity contribution in [1.82, 2.24) is 4.90 Å². The Morgan fingerprint density at radius 1 is 1.56 bits per heavy atom. The van der Waals surface area contributed by atoms with Crippen LogP contribution >= 0.6 is 0 Å². The van der Waals surface area contributed by atoms with E-state index in [0.29, 0.717) is 12.8 Å². The first-order chi connectivity index (χ1) is 7.23. The lowest BCUT2D eigenvalue weighted by Gasteiger charge is -2.28. The van der Waals surface area contributed by atoms with Crippen LogP contribution in [-0.4, -0.2) is 46.1 Å². The Morgan fingerprint density at radius 3 is 2.38 bits per heavy atom. The highest BCUT2D eigenvalue weighted by Crippen LogP contribution is 2.47. The lowest BCUT2D eigenvalue weighted by molar-refractivity contribution is -0.135. The predicted octanol–water partition coefficient (Wildman–Crippen LogP) is -0.258. The molecule has 0 atom stereocenters. The van der Waals surface area contributed by atoms with Crippen molar-refractivity contribution in [3.63, 3.8) is 0 Å². The molecule has 0 saturated heterocycles. The molecule has 16 heavy (non-hydrogen) atoms. The van der Waals surface area contributed by atoms with E-state index in [1.54, 1.807) is 20.9 Å². The van der Waals surface area contributed by atoms with Gasteiger partial charge in [0.25, 0.3) is 0 Å². The van der Waals surface area contributed by atoms with E-state index in [9.17, 15) is 9.90 Å². The maximum Gasteiger partial charge on any atom is 0.236 e. The first-order valence-corrected chi connectivity index (χ1v) is 5.19. The van der Waals surface area contributed by atoms with Crippen molar-refractivity contribution >= 4 is 11.7 Å². The molecule has 1 fully saturated rings. The molecule has 1 saturated carbocycles. The second-order valence-electron chi connectivity index (χ2n) is 5.04. The summed E-state index contributed by atoms with van der Waals surface area (Å²) < 4.78 is 0. The number of hydrogen-bond acceptors (Lipinski definition) is 4. The van der Waals surface area contributed by atoms with E-state index >= 15 is 0 Å². The third-order valence-electron chi connectivity index (χ3n) is 2.73. The molecule has 1 amide bonds. The summed E-state index contributed by atoms with van der Waals surface area (Å²) in [5.74, 6) is -0.245. The van der Waals surface area contributed by atoms with Crippen LogP contribution in [0.25, 0.3) is 0 Å². The topological polar surface area (TPSA) is 99.2 Å². The van der Waals surface area contributed by atoms with Crippen molar-refractivity contribution < 1.29 is 15.1 Å². The molecular formula is C10H19N3O3. The van der Waals surface area contributed by atoms with Gasteiger partial charge in [0.15, 0.2) is 5.84 Å². The van der Waals surface area contributed by atoms with Gasteiger partial charge in [0, 0.05) is 13.6 Å². The smallest absolute Gasteiger partial charge is 0.236 e. The van der Waals surface area contributed by atoms with Crippen molar-refractivity contribution in [3.05, 3.63) is 0 Å². The quantitative estimate of drug-likeness (QED) is 0.268. The Morgan fingerprint density at radius 2 is 2.06 bits per heavy atom. The van der Waals surface area contributed by atoms with Crippen LogP contribution in [0.5, 0.6) is 0 Å². The SMILES string of the molecule is CN(CC(C)(C)O)C(=O)C1(C(N)=NO)CC1. The molecule has 0 aromatic carbocycles. The van der Waals surface area contributed by atoms with Gasteiger partial charge in [-0.25, -0.2) is 0 Å². The van der Waals surface area contributed by atoms with Crippen molar-refractivity contribution in [2.75, 3.05) is 13.6 Å². The zero-order valence-electron chi connectivity index (χ0n) is 9.90. The molecule has 1 rings (SSSR count). The van der Waals surface area contributed by atoms with E-state index in [0.717, 1.165) is 0 Å². The minimum Gasteiger partial charge on any atom is -0.409 e. The van der Waals surface area contributed by atoms with Crippen molar-refractivity contribution in [1.29, 1.82) is 0 Å². The Kier molecular flexibility index (Phi) is 3.14. The summed E-state index contributed by atoms with van der Waals surface area (Å²) in [6, 6.07) is 0. The number of amidine groups is 1. The normalized spacial score (nSPS) is 19.4. The molecule has 1 aliphatic rings. The van der Waals surface area contributed by atoms with Gasteiger partial charge in [-0.15, -0.1) is 0 Å². The molecule has 0 aliphatic heterocycles. The highest BCUT2D eigenvalue weighted by Gasteiger charge is 2.55. The molecule has 0 bridgehead atoms. The van der Waals surface area contributed by atoms with E-state index in [1.807, 2.05) is 0 Å². The van der Waals surface area contributed by atoms with Gasteiger partial charge in [-0.05, 0) is 26.7 Å². The molecule has 0 unspecified atom stereocenters. The fraction of sp³-hybridized carbons (Fsp3) is 0.800. The highest BCUT2D eigenvalue weighted by atomic mass is 16.4. The van der Waals surface area contributed by atoms with Gasteiger partial charge in [-0.1, -0.05) is 5.16 Å². The third-order valence-corrected chi connectivity index (χ3v) is 2.73. The first-order valence-electron chi connectivity index (χ1n) is 5.19. The van der Waals surface area contributed by atoms with Crippen molar-refractivity contribution in [3.8, 4) is 0 Å². The van der Waals surface area contributed by atoms with Gasteiger partial charge in [0.05, 0.1) is 5.60 Å². The number of nitrogens with two attached hydrogens (primary N) is 1. The summed E-state index contributed by atoms with van der Waals surface area (Å²) in [7, 11) is 1.60. The summed E-state index contributed by atoms with van der Waals surface area (Å²) in [5, 5.41) is 21.1. The second-order valence-corrected chi connectivity index (χ2v) is 5.04. The van der Waals surface area contributed by atoms with Gasteiger partial charge in [-0.2, -0.15) is 0 Å². The number of nitrogens with zero attached hydrogens (tertiary/aromatic N) is 2. The second kappa shape index (κ2) is 3.93. The summed E-state index contributed by atoms with van der Waals surface area (Å²) in [5.41, 5.74) is 3.71. The number of aliphatic hydroxyl groups is 1. The number of oxime groups is 1. The lowest BCUT2D eigenvalue weighted by atomic mass is 10.0. The first kappa shape index (κ1) is 12.8. The van der Waals surface area contributed by atoms with Crippen LogP contribution in [0.2, 0.25) is 0 Å². The van der Waals surface area contributed by atoms with Crippen LogP contribution in [0.1, 0.15) is 26.7 Å². The number of hydrogen-bond donors (Lipinski definition) is 3. The number of carbonyl (C=O) groups is 1. The van der Waals surface area contributed by atoms with E-state index in [2.05, 4.69) is 5.16 Å². The zero-order valence-corrected chi connectivity index (χ0v) is 9.90. The van der Waals surface area contributed by atoms with Crippen LogP contribution in [0.15, 0.2) is 5.16 Å². The van der Waals surface area contributed by atoms with Gasteiger partial charge in [0.1, 0.15) is 5.41 Å². The third kappa shape index (κ3) is 2.44. The largest absolute Gasteiger partial charge is 0.409 e. The van der Waals surface area contributed by atoms with E-state index in [1.165, 1.54) is 4.90 Å². The predicted molar refractivity (Wildman–Crippen MR) is 59.0 cm³/mol. The van der Waals surface area contributed by atoms with Gasteiger partial charge in [0.2, 0.25) is 5.91 Å². The number of carbonyl (C=O) groups excluding carboxylic acids is 1. The molecule has 0 aromatic heterocycles. The van der Waals surface area contributed by atoms with E-state index < -0.39 is 11.0 Å². The lowest BCUT2D eigenvalue weighted by Crippen LogP contribution is -2.46. The molecule has 4 N–H and O–H groups in total. The molecule has 0 heterocycles. The molecule has 1 aliphatic carbocycles. The Balaban J connectivity index is 2.72. The van der Waals surface area contributed by atoms with Gasteiger partial charge in [-0.3, -0.25) is 4.79 Å². The molecule has 0 spiro atoms. The molecule has 0 radical (unpaired) electrons. The Bertz CT molecular complexity index is 316. The molecular weight excluding hydrogens is 210 g/mol. The van der Waals surface area contributed by atoms with Crippen LogP contribution in [0, 0.1) is 5.41 Å². The van der Waals surface area contributed by atoms with Crippen molar-refractivity contribution in [2.24, 2.45) is 16.3 Å². The van der Waals surface area contributed by atoms with Crippen LogP contribution in [0.4, 0.5) is 0 Å². The minimum absolute atomic E-state index is 0.0416. The van der Waals surface area contributed by atoms with Crippen LogP contribution < -0.4 is 5.73 Å². The average molecular weight is 229 g/mol. The van der Waals surface area contributed by atoms with E-state index in [4.69, 9.17) is 10.9 Å². The average Bonchev–Trinajstić information content (AvgIpc) is 2.93. The Labute approximate surface area is 94.7 Å². The maximum absolute atomic E-state index is 12.0. The Hall–Kier alpha value is -1.30. The fourth-order valence-corrected chi connectivity index (χ4v) is 1.82. The number of amides is 1. The molecule has 6 heteroatoms. The summed E-state index contributed by atoms with van der Waals surface area (Å²) in [6.07, 6.45) is 1.19. The highest BCUT2D eigenvalue weighted by molar-refractivity contribution is 6.09. The van der Waals surface area contributed by atoms with Crippen LogP contribution in [-0.2, 0) is 4.79 Å². The molecule has 6 nitrogen and oxygen atoms in total. The molecule has 0 aromatic rings. The standard InChI is InChI=1S/C10H19N3O3/c1-9(2,15)6-13(3)8(14)10(4-5-10)7(11)12-16/h15-16H,4-6H2,1-3H3,(H2,11,12). The van der Waals surface area contributed by atoms with Crippen molar-refractivity contribution in [2.45, 2.75) is 32.3 Å².